The third kappa shape index (κ3) is 7.18. The summed E-state index contributed by atoms with van der Waals surface area (Å²) in [5.74, 6) is -0.543. The predicted octanol–water partition coefficient (Wildman–Crippen LogP) is 8.57. The van der Waals surface area contributed by atoms with Crippen molar-refractivity contribution in [2.24, 2.45) is 5.92 Å². The van der Waals surface area contributed by atoms with Gasteiger partial charge >= 0.3 is 13.7 Å². The van der Waals surface area contributed by atoms with Gasteiger partial charge in [-0.2, -0.15) is 0 Å². The van der Waals surface area contributed by atoms with Gasteiger partial charge in [0.25, 0.3) is 5.91 Å². The van der Waals surface area contributed by atoms with Crippen LogP contribution < -0.4 is 10.6 Å². The summed E-state index contributed by atoms with van der Waals surface area (Å²) in [6.07, 6.45) is -0.402. The van der Waals surface area contributed by atoms with Gasteiger partial charge < -0.3 is 19.6 Å². The molecule has 10 heteroatoms. The number of carbonyl (C=O) groups excluding carboxylic acids is 3. The van der Waals surface area contributed by atoms with E-state index in [1.807, 2.05) is 97.1 Å². The highest BCUT2D eigenvalue weighted by molar-refractivity contribution is 7.52. The van der Waals surface area contributed by atoms with E-state index in [2.05, 4.69) is 10.6 Å². The Balaban J connectivity index is 1.00. The fourth-order valence-electron chi connectivity index (χ4n) is 6.52. The highest BCUT2D eigenvalue weighted by atomic mass is 31.2. The summed E-state index contributed by atoms with van der Waals surface area (Å²) in [5, 5.41) is 10.9. The summed E-state index contributed by atoms with van der Waals surface area (Å²) in [6, 6.07) is 37.2. The second-order valence-electron chi connectivity index (χ2n) is 12.3. The molecule has 1 atom stereocenters. The van der Waals surface area contributed by atoms with E-state index in [1.165, 1.54) is 0 Å². The van der Waals surface area contributed by atoms with Crippen molar-refractivity contribution in [1.82, 2.24) is 4.90 Å². The largest absolute Gasteiger partial charge is 0.418 e. The van der Waals surface area contributed by atoms with Crippen LogP contribution in [0.1, 0.15) is 28.8 Å². The van der Waals surface area contributed by atoms with Crippen molar-refractivity contribution in [2.75, 3.05) is 23.7 Å². The van der Waals surface area contributed by atoms with Gasteiger partial charge in [0.05, 0.1) is 11.8 Å². The number of anilines is 2. The molecule has 6 aromatic carbocycles. The first-order chi connectivity index (χ1) is 23.7. The SMILES string of the molecule is O=C(Nc1cc(NC(=O)C2CCN(C(=O)c3ccc4ccccc4c3)CC2)c2ccccc2c1)OP(=O)(O)Cc1cccc2ccccc12. The quantitative estimate of drug-likeness (QED) is 0.146. The average Bonchev–Trinajstić information content (AvgIpc) is 3.11. The molecule has 1 fully saturated rings. The van der Waals surface area contributed by atoms with Gasteiger partial charge in [-0.1, -0.05) is 97.1 Å². The van der Waals surface area contributed by atoms with Gasteiger partial charge in [0.2, 0.25) is 5.91 Å². The fraction of sp³-hybridized carbons (Fsp3) is 0.154. The molecular formula is C39H34N3O6P. The number of fused-ring (bicyclic) bond motifs is 3. The highest BCUT2D eigenvalue weighted by Crippen LogP contribution is 2.47. The number of carbonyl (C=O) groups is 3. The molecule has 1 aliphatic heterocycles. The topological polar surface area (TPSA) is 125 Å². The lowest BCUT2D eigenvalue weighted by atomic mass is 9.95. The number of rotatable bonds is 7. The summed E-state index contributed by atoms with van der Waals surface area (Å²) < 4.78 is 18.1. The molecule has 3 amide bonds. The van der Waals surface area contributed by atoms with Crippen LogP contribution in [0.4, 0.5) is 16.2 Å². The minimum absolute atomic E-state index is 0.0502. The van der Waals surface area contributed by atoms with E-state index >= 15 is 0 Å². The maximum absolute atomic E-state index is 13.5. The zero-order valence-electron chi connectivity index (χ0n) is 26.5. The highest BCUT2D eigenvalue weighted by Gasteiger charge is 2.29. The molecule has 0 bridgehead atoms. The van der Waals surface area contributed by atoms with E-state index in [0.29, 0.717) is 48.4 Å². The second kappa shape index (κ2) is 13.5. The van der Waals surface area contributed by atoms with E-state index in [-0.39, 0.29) is 23.9 Å². The maximum Gasteiger partial charge on any atom is 0.418 e. The van der Waals surface area contributed by atoms with Crippen LogP contribution in [-0.4, -0.2) is 40.8 Å². The number of piperidine rings is 1. The van der Waals surface area contributed by atoms with Gasteiger partial charge in [-0.05, 0) is 69.6 Å². The van der Waals surface area contributed by atoms with Crippen LogP contribution in [0.15, 0.2) is 121 Å². The van der Waals surface area contributed by atoms with Crippen molar-refractivity contribution in [3.05, 3.63) is 132 Å². The summed E-state index contributed by atoms with van der Waals surface area (Å²) >= 11 is 0. The monoisotopic (exact) mass is 671 g/mol. The van der Waals surface area contributed by atoms with Crippen molar-refractivity contribution in [3.63, 3.8) is 0 Å². The second-order valence-corrected chi connectivity index (χ2v) is 14.1. The van der Waals surface area contributed by atoms with E-state index in [9.17, 15) is 23.8 Å². The Morgan fingerprint density at radius 1 is 0.714 bits per heavy atom. The smallest absolute Gasteiger partial charge is 0.374 e. The zero-order chi connectivity index (χ0) is 34.0. The standard InChI is InChI=1S/C39H34N3O6P/c43-37(28-18-20-42(21-19-28)38(44)31-17-16-26-8-1-2-10-29(26)22-31)41-36-24-33(23-30-11-4-6-15-35(30)36)40-39(45)48-49(46,47)25-32-13-7-12-27-9-3-5-14-34(27)32/h1-17,22-24,28H,18-21,25H2,(H,40,45)(H,41,43)(H,46,47). The fourth-order valence-corrected chi connectivity index (χ4v) is 7.59. The zero-order valence-corrected chi connectivity index (χ0v) is 27.4. The summed E-state index contributed by atoms with van der Waals surface area (Å²) in [4.78, 5) is 52.0. The van der Waals surface area contributed by atoms with E-state index in [4.69, 9.17) is 4.52 Å². The number of likely N-dealkylation sites (tertiary alicyclic amines) is 1. The minimum Gasteiger partial charge on any atom is -0.374 e. The summed E-state index contributed by atoms with van der Waals surface area (Å²) in [6.45, 7) is 0.913. The first kappa shape index (κ1) is 32.1. The molecule has 246 valence electrons. The number of hydrogen-bond acceptors (Lipinski definition) is 5. The van der Waals surface area contributed by atoms with Crippen LogP contribution in [0.25, 0.3) is 32.3 Å². The van der Waals surface area contributed by atoms with Crippen LogP contribution in [0.2, 0.25) is 0 Å². The number of hydrogen-bond donors (Lipinski definition) is 3. The Labute approximate surface area is 283 Å². The van der Waals surface area contributed by atoms with E-state index in [0.717, 1.165) is 32.3 Å². The molecule has 49 heavy (non-hydrogen) atoms. The molecule has 1 aliphatic rings. The molecule has 6 aromatic rings. The van der Waals surface area contributed by atoms with Crippen LogP contribution in [0.3, 0.4) is 0 Å². The molecule has 1 heterocycles. The predicted molar refractivity (Wildman–Crippen MR) is 193 cm³/mol. The van der Waals surface area contributed by atoms with Gasteiger partial charge in [0.1, 0.15) is 0 Å². The molecule has 0 radical (unpaired) electrons. The average molecular weight is 672 g/mol. The molecular weight excluding hydrogens is 637 g/mol. The van der Waals surface area contributed by atoms with Crippen LogP contribution in [0.5, 0.6) is 0 Å². The number of nitrogens with one attached hydrogen (secondary N) is 2. The van der Waals surface area contributed by atoms with Crippen molar-refractivity contribution < 1.29 is 28.4 Å². The Morgan fingerprint density at radius 3 is 2.14 bits per heavy atom. The maximum atomic E-state index is 13.5. The molecule has 0 aliphatic carbocycles. The molecule has 1 unspecified atom stereocenters. The first-order valence-electron chi connectivity index (χ1n) is 16.1. The van der Waals surface area contributed by atoms with Crippen molar-refractivity contribution in [1.29, 1.82) is 0 Å². The van der Waals surface area contributed by atoms with E-state index < -0.39 is 13.7 Å². The first-order valence-corrected chi connectivity index (χ1v) is 17.9. The minimum atomic E-state index is -4.37. The molecule has 0 saturated carbocycles. The normalized spacial score (nSPS) is 14.8. The van der Waals surface area contributed by atoms with Gasteiger partial charge in [0.15, 0.2) is 0 Å². The molecule has 1 saturated heterocycles. The molecule has 3 N–H and O–H groups in total. The van der Waals surface area contributed by atoms with Gasteiger partial charge in [0, 0.05) is 35.6 Å². The van der Waals surface area contributed by atoms with Crippen molar-refractivity contribution >= 4 is 69.2 Å². The van der Waals surface area contributed by atoms with Crippen LogP contribution in [-0.2, 0) is 20.0 Å². The third-order valence-corrected chi connectivity index (χ3v) is 10.2. The van der Waals surface area contributed by atoms with Crippen LogP contribution in [0, 0.1) is 5.92 Å². The molecule has 0 aromatic heterocycles. The Morgan fingerprint density at radius 2 is 1.37 bits per heavy atom. The Bertz CT molecular complexity index is 2280. The lowest BCUT2D eigenvalue weighted by molar-refractivity contribution is -0.121. The summed E-state index contributed by atoms with van der Waals surface area (Å²) in [5.41, 5.74) is 1.99. The number of benzene rings is 6. The lowest BCUT2D eigenvalue weighted by Crippen LogP contribution is -2.41. The number of amides is 3. The van der Waals surface area contributed by atoms with Gasteiger partial charge in [-0.3, -0.25) is 14.9 Å². The van der Waals surface area contributed by atoms with Crippen LogP contribution >= 0.6 is 7.60 Å². The van der Waals surface area contributed by atoms with Gasteiger partial charge in [-0.25, -0.2) is 9.36 Å². The summed E-state index contributed by atoms with van der Waals surface area (Å²) in [7, 11) is -4.37. The van der Waals surface area contributed by atoms with Gasteiger partial charge in [-0.15, -0.1) is 0 Å². The molecule has 9 nitrogen and oxygen atoms in total. The Kier molecular flexibility index (Phi) is 8.87. The third-order valence-electron chi connectivity index (χ3n) is 8.99. The molecule has 7 rings (SSSR count). The lowest BCUT2D eigenvalue weighted by Gasteiger charge is -2.31. The van der Waals surface area contributed by atoms with Crippen molar-refractivity contribution in [3.8, 4) is 0 Å². The van der Waals surface area contributed by atoms with E-state index in [1.54, 1.807) is 29.2 Å². The van der Waals surface area contributed by atoms with Crippen molar-refractivity contribution in [2.45, 2.75) is 19.0 Å². The Hall–Kier alpha value is -5.50. The molecule has 0 spiro atoms. The number of nitrogens with zero attached hydrogens (tertiary/aromatic N) is 1.